The molecule has 3 aromatic carbocycles. The lowest BCUT2D eigenvalue weighted by atomic mass is 9.80. The van der Waals surface area contributed by atoms with Gasteiger partial charge >= 0.3 is 5.97 Å². The van der Waals surface area contributed by atoms with Gasteiger partial charge in [0.15, 0.2) is 0 Å². The summed E-state index contributed by atoms with van der Waals surface area (Å²) in [5.41, 5.74) is 13.3. The number of aromatic nitrogens is 2. The minimum absolute atomic E-state index is 0.0120. The van der Waals surface area contributed by atoms with E-state index < -0.39 is 5.97 Å². The molecule has 0 radical (unpaired) electrons. The summed E-state index contributed by atoms with van der Waals surface area (Å²) in [5, 5.41) is 14.6. The Morgan fingerprint density at radius 3 is 2.40 bits per heavy atom. The lowest BCUT2D eigenvalue weighted by molar-refractivity contribution is -0.136. The molecule has 1 N–H and O–H groups in total. The zero-order valence-electron chi connectivity index (χ0n) is 24.8. The molecule has 1 saturated heterocycles. The van der Waals surface area contributed by atoms with Crippen molar-refractivity contribution in [3.63, 3.8) is 0 Å². The number of carboxylic acid groups (broad SMARTS) is 1. The van der Waals surface area contributed by atoms with Gasteiger partial charge in [-0.05, 0) is 71.3 Å². The fourth-order valence-electron chi connectivity index (χ4n) is 6.39. The molecular formula is C34H38N4O3S. The van der Waals surface area contributed by atoms with Gasteiger partial charge in [0, 0.05) is 43.2 Å². The van der Waals surface area contributed by atoms with E-state index in [1.807, 2.05) is 10.9 Å². The predicted molar refractivity (Wildman–Crippen MR) is 171 cm³/mol. The third-order valence-electron chi connectivity index (χ3n) is 8.64. The molecule has 0 aliphatic carbocycles. The van der Waals surface area contributed by atoms with Gasteiger partial charge in [0.2, 0.25) is 0 Å². The van der Waals surface area contributed by atoms with Crippen molar-refractivity contribution in [2.75, 3.05) is 43.4 Å². The van der Waals surface area contributed by atoms with Crippen LogP contribution >= 0.6 is 11.9 Å². The van der Waals surface area contributed by atoms with Crippen molar-refractivity contribution in [3.05, 3.63) is 82.7 Å². The molecule has 0 amide bonds. The maximum absolute atomic E-state index is 12.1. The molecule has 1 fully saturated rings. The quantitative estimate of drug-likeness (QED) is 0.242. The second kappa shape index (κ2) is 12.0. The first-order chi connectivity index (χ1) is 20.3. The molecule has 2 aliphatic heterocycles. The predicted octanol–water partition coefficient (Wildman–Crippen LogP) is 6.37. The van der Waals surface area contributed by atoms with Crippen molar-refractivity contribution in [1.82, 2.24) is 14.7 Å². The number of carboxylic acids is 1. The van der Waals surface area contributed by atoms with Gasteiger partial charge in [0.05, 0.1) is 44.6 Å². The van der Waals surface area contributed by atoms with Crippen LogP contribution in [0.15, 0.2) is 54.9 Å². The van der Waals surface area contributed by atoms with E-state index in [4.69, 9.17) is 4.74 Å². The molecular weight excluding hydrogens is 544 g/mol. The molecule has 8 heteroatoms. The van der Waals surface area contributed by atoms with Crippen LogP contribution in [0, 0.1) is 20.8 Å². The molecule has 0 bridgehead atoms. The van der Waals surface area contributed by atoms with Gasteiger partial charge in [-0.15, -0.1) is 0 Å². The van der Waals surface area contributed by atoms with Crippen molar-refractivity contribution < 1.29 is 14.6 Å². The summed E-state index contributed by atoms with van der Waals surface area (Å²) in [7, 11) is 0. The standard InChI is InChI=1S/C34H38N4O3S/c1-22-5-7-25(8-6-22)32-24(3)33-30-17-26(28-19-35-37(20-28)12-11-36-13-15-41-16-14-36)9-10-27(30)21-38(42-4)34(33)23(2)29(32)18-31(39)40/h5-10,17,19-20H,11-16,18,21H2,1-4H3,(H,39,40). The van der Waals surface area contributed by atoms with E-state index in [0.717, 1.165) is 90.6 Å². The van der Waals surface area contributed by atoms with Crippen LogP contribution in [0.4, 0.5) is 5.69 Å². The average molecular weight is 583 g/mol. The van der Waals surface area contributed by atoms with Crippen LogP contribution in [0.1, 0.15) is 27.8 Å². The van der Waals surface area contributed by atoms with Gasteiger partial charge < -0.3 is 14.1 Å². The summed E-state index contributed by atoms with van der Waals surface area (Å²) >= 11 is 1.69. The summed E-state index contributed by atoms with van der Waals surface area (Å²) in [4.78, 5) is 14.5. The molecule has 0 spiro atoms. The van der Waals surface area contributed by atoms with Crippen molar-refractivity contribution in [3.8, 4) is 33.4 Å². The number of benzene rings is 3. The second-order valence-electron chi connectivity index (χ2n) is 11.3. The number of anilines is 1. The summed E-state index contributed by atoms with van der Waals surface area (Å²) in [6.45, 7) is 12.4. The van der Waals surface area contributed by atoms with Crippen LogP contribution in [-0.4, -0.2) is 64.9 Å². The van der Waals surface area contributed by atoms with Crippen molar-refractivity contribution in [2.45, 2.75) is 40.3 Å². The normalized spacial score (nSPS) is 15.0. The summed E-state index contributed by atoms with van der Waals surface area (Å²) in [5.74, 6) is -0.814. The Morgan fingerprint density at radius 2 is 1.69 bits per heavy atom. The maximum atomic E-state index is 12.1. The first-order valence-electron chi connectivity index (χ1n) is 14.6. The average Bonchev–Trinajstić information content (AvgIpc) is 3.48. The van der Waals surface area contributed by atoms with Crippen molar-refractivity contribution >= 4 is 23.6 Å². The van der Waals surface area contributed by atoms with Crippen LogP contribution in [0.25, 0.3) is 33.4 Å². The molecule has 1 aromatic heterocycles. The Morgan fingerprint density at radius 1 is 0.952 bits per heavy atom. The fourth-order valence-corrected chi connectivity index (χ4v) is 7.07. The number of nitrogens with zero attached hydrogens (tertiary/aromatic N) is 4. The smallest absolute Gasteiger partial charge is 0.307 e. The Hall–Kier alpha value is -3.59. The molecule has 0 atom stereocenters. The van der Waals surface area contributed by atoms with Crippen molar-refractivity contribution in [1.29, 1.82) is 0 Å². The fraction of sp³-hybridized carbons (Fsp3) is 0.353. The molecule has 7 nitrogen and oxygen atoms in total. The highest BCUT2D eigenvalue weighted by molar-refractivity contribution is 7.99. The molecule has 0 unspecified atom stereocenters. The van der Waals surface area contributed by atoms with Crippen LogP contribution in [-0.2, 0) is 29.0 Å². The first kappa shape index (κ1) is 28.5. The van der Waals surface area contributed by atoms with Crippen molar-refractivity contribution in [2.24, 2.45) is 0 Å². The topological polar surface area (TPSA) is 70.8 Å². The zero-order valence-corrected chi connectivity index (χ0v) is 25.6. The molecule has 4 aromatic rings. The number of fused-ring (bicyclic) bond motifs is 3. The second-order valence-corrected chi connectivity index (χ2v) is 12.1. The Bertz CT molecular complexity index is 1620. The molecule has 42 heavy (non-hydrogen) atoms. The SMILES string of the molecule is CSN1Cc2ccc(-c3cnn(CCN4CCOCC4)c3)cc2-c2c(C)c(-c3ccc(C)cc3)c(CC(=O)O)c(C)c21. The highest BCUT2D eigenvalue weighted by Gasteiger charge is 2.30. The van der Waals surface area contributed by atoms with Crippen LogP contribution in [0.3, 0.4) is 0 Å². The van der Waals surface area contributed by atoms with Crippen LogP contribution in [0.2, 0.25) is 0 Å². The van der Waals surface area contributed by atoms with Gasteiger partial charge in [-0.1, -0.05) is 53.9 Å². The van der Waals surface area contributed by atoms with E-state index >= 15 is 0 Å². The third kappa shape index (κ3) is 5.46. The Kier molecular flexibility index (Phi) is 8.12. The zero-order chi connectivity index (χ0) is 29.4. The van der Waals surface area contributed by atoms with Gasteiger partial charge in [0.1, 0.15) is 0 Å². The third-order valence-corrected chi connectivity index (χ3v) is 9.40. The number of carbonyl (C=O) groups is 1. The number of aliphatic carboxylic acids is 1. The minimum atomic E-state index is -0.814. The number of morpholine rings is 1. The molecule has 0 saturated carbocycles. The lowest BCUT2D eigenvalue weighted by Crippen LogP contribution is -2.38. The van der Waals surface area contributed by atoms with Gasteiger partial charge in [-0.25, -0.2) is 0 Å². The Balaban J connectivity index is 1.44. The van der Waals surface area contributed by atoms with Gasteiger partial charge in [-0.3, -0.25) is 14.4 Å². The van der Waals surface area contributed by atoms with E-state index in [2.05, 4.69) is 90.0 Å². The number of hydrogen-bond donors (Lipinski definition) is 1. The number of ether oxygens (including phenoxy) is 1. The molecule has 6 rings (SSSR count). The first-order valence-corrected chi connectivity index (χ1v) is 15.7. The minimum Gasteiger partial charge on any atom is -0.481 e. The van der Waals surface area contributed by atoms with E-state index in [-0.39, 0.29) is 6.42 Å². The van der Waals surface area contributed by atoms with Crippen LogP contribution in [0.5, 0.6) is 0 Å². The number of rotatable bonds is 8. The molecule has 2 aliphatic rings. The Labute approximate surface area is 252 Å². The summed E-state index contributed by atoms with van der Waals surface area (Å²) in [6, 6.07) is 15.2. The number of hydrogen-bond acceptors (Lipinski definition) is 6. The van der Waals surface area contributed by atoms with Gasteiger partial charge in [-0.2, -0.15) is 5.10 Å². The number of aryl methyl sites for hydroxylation is 1. The highest BCUT2D eigenvalue weighted by atomic mass is 32.2. The molecule has 218 valence electrons. The molecule has 3 heterocycles. The summed E-state index contributed by atoms with van der Waals surface area (Å²) < 4.78 is 9.83. The van der Waals surface area contributed by atoms with Crippen LogP contribution < -0.4 is 4.31 Å². The largest absolute Gasteiger partial charge is 0.481 e. The summed E-state index contributed by atoms with van der Waals surface area (Å²) in [6.07, 6.45) is 6.19. The van der Waals surface area contributed by atoms with Gasteiger partial charge in [0.25, 0.3) is 0 Å². The van der Waals surface area contributed by atoms with E-state index in [1.54, 1.807) is 11.9 Å². The monoisotopic (exact) mass is 582 g/mol. The highest BCUT2D eigenvalue weighted by Crippen LogP contribution is 2.50. The van der Waals surface area contributed by atoms with E-state index in [1.165, 1.54) is 22.3 Å². The maximum Gasteiger partial charge on any atom is 0.307 e. The van der Waals surface area contributed by atoms with E-state index in [0.29, 0.717) is 0 Å². The van der Waals surface area contributed by atoms with E-state index in [9.17, 15) is 9.90 Å². The lowest BCUT2D eigenvalue weighted by Gasteiger charge is -2.36.